The van der Waals surface area contributed by atoms with Crippen LogP contribution in [0.3, 0.4) is 0 Å². The smallest absolute Gasteiger partial charge is 0.257 e. The first-order valence-electron chi connectivity index (χ1n) is 9.21. The number of rotatable bonds is 2. The Kier molecular flexibility index (Phi) is 4.17. The Morgan fingerprint density at radius 1 is 1.12 bits per heavy atom. The van der Waals surface area contributed by atoms with Crippen LogP contribution in [-0.2, 0) is 0 Å². The quantitative estimate of drug-likeness (QED) is 0.764. The number of likely N-dealkylation sites (tertiary alicyclic amines) is 1. The van der Waals surface area contributed by atoms with Crippen molar-refractivity contribution in [1.82, 2.24) is 14.7 Å². The molecule has 136 valence electrons. The van der Waals surface area contributed by atoms with Crippen molar-refractivity contribution < 1.29 is 9.18 Å². The molecule has 1 aliphatic carbocycles. The summed E-state index contributed by atoms with van der Waals surface area (Å²) in [5.41, 5.74) is 4.42. The van der Waals surface area contributed by atoms with E-state index >= 15 is 0 Å². The Morgan fingerprint density at radius 3 is 2.54 bits per heavy atom. The molecule has 4 rings (SSSR count). The molecule has 1 saturated heterocycles. The molecule has 1 aliphatic heterocycles. The van der Waals surface area contributed by atoms with Gasteiger partial charge in [0.15, 0.2) is 0 Å². The van der Waals surface area contributed by atoms with E-state index in [1.165, 1.54) is 17.7 Å². The second-order valence-electron chi connectivity index (χ2n) is 7.65. The molecule has 2 atom stereocenters. The number of carbonyl (C=O) groups is 1. The highest BCUT2D eigenvalue weighted by Gasteiger charge is 2.37. The van der Waals surface area contributed by atoms with Crippen LogP contribution in [0.2, 0.25) is 0 Å². The van der Waals surface area contributed by atoms with E-state index in [2.05, 4.69) is 18.1 Å². The zero-order valence-corrected chi connectivity index (χ0v) is 15.5. The number of hydrogen-bond acceptors (Lipinski definition) is 2. The highest BCUT2D eigenvalue weighted by atomic mass is 19.1. The minimum atomic E-state index is -0.282. The Morgan fingerprint density at radius 2 is 1.81 bits per heavy atom. The molecular formula is C21H24FN3O. The van der Waals surface area contributed by atoms with Gasteiger partial charge in [0.2, 0.25) is 0 Å². The van der Waals surface area contributed by atoms with Crippen molar-refractivity contribution in [2.24, 2.45) is 11.8 Å². The van der Waals surface area contributed by atoms with Crippen LogP contribution in [0.25, 0.3) is 5.69 Å². The molecule has 0 saturated carbocycles. The minimum absolute atomic E-state index is 0.0698. The summed E-state index contributed by atoms with van der Waals surface area (Å²) in [5, 5.41) is 4.54. The molecule has 5 heteroatoms. The van der Waals surface area contributed by atoms with Crippen LogP contribution in [0.15, 0.2) is 35.9 Å². The first-order valence-corrected chi connectivity index (χ1v) is 9.21. The van der Waals surface area contributed by atoms with Gasteiger partial charge in [-0.15, -0.1) is 0 Å². The fraction of sp³-hybridized carbons (Fsp3) is 0.429. The number of aromatic nitrogens is 2. The Labute approximate surface area is 153 Å². The highest BCUT2D eigenvalue weighted by Crippen LogP contribution is 2.36. The molecule has 1 fully saturated rings. The summed E-state index contributed by atoms with van der Waals surface area (Å²) in [4.78, 5) is 15.2. The Balaban J connectivity index is 1.60. The summed E-state index contributed by atoms with van der Waals surface area (Å²) in [6, 6.07) is 6.19. The molecule has 2 aromatic rings. The van der Waals surface area contributed by atoms with E-state index in [0.717, 1.165) is 43.0 Å². The third-order valence-electron chi connectivity index (χ3n) is 5.79. The van der Waals surface area contributed by atoms with E-state index in [1.807, 2.05) is 18.7 Å². The van der Waals surface area contributed by atoms with Gasteiger partial charge in [-0.25, -0.2) is 9.07 Å². The predicted molar refractivity (Wildman–Crippen MR) is 98.9 cm³/mol. The topological polar surface area (TPSA) is 38.1 Å². The second-order valence-corrected chi connectivity index (χ2v) is 7.65. The van der Waals surface area contributed by atoms with Crippen LogP contribution < -0.4 is 0 Å². The molecule has 0 N–H and O–H groups in total. The number of allylic oxidation sites excluding steroid dienone is 2. The van der Waals surface area contributed by atoms with Gasteiger partial charge < -0.3 is 4.90 Å². The molecule has 26 heavy (non-hydrogen) atoms. The van der Waals surface area contributed by atoms with E-state index in [4.69, 9.17) is 0 Å². The molecule has 0 radical (unpaired) electrons. The summed E-state index contributed by atoms with van der Waals surface area (Å²) in [7, 11) is 0. The molecule has 2 heterocycles. The van der Waals surface area contributed by atoms with E-state index in [-0.39, 0.29) is 11.7 Å². The van der Waals surface area contributed by atoms with E-state index in [1.54, 1.807) is 16.8 Å². The first kappa shape index (κ1) is 17.0. The summed E-state index contributed by atoms with van der Waals surface area (Å²) in [5.74, 6) is 0.947. The lowest BCUT2D eigenvalue weighted by Crippen LogP contribution is -2.30. The predicted octanol–water partition coefficient (Wildman–Crippen LogP) is 4.06. The largest absolute Gasteiger partial charge is 0.338 e. The van der Waals surface area contributed by atoms with Crippen molar-refractivity contribution in [2.45, 2.75) is 33.6 Å². The van der Waals surface area contributed by atoms with Crippen LogP contribution in [0.1, 0.15) is 41.5 Å². The zero-order valence-electron chi connectivity index (χ0n) is 15.5. The second kappa shape index (κ2) is 6.38. The lowest BCUT2D eigenvalue weighted by Gasteiger charge is -2.21. The van der Waals surface area contributed by atoms with Crippen molar-refractivity contribution in [3.05, 3.63) is 58.7 Å². The summed E-state index contributed by atoms with van der Waals surface area (Å²) < 4.78 is 14.9. The number of carbonyl (C=O) groups excluding carboxylic acids is 1. The maximum Gasteiger partial charge on any atom is 0.257 e. The van der Waals surface area contributed by atoms with Gasteiger partial charge >= 0.3 is 0 Å². The maximum atomic E-state index is 13.2. The molecule has 0 unspecified atom stereocenters. The molecule has 2 aliphatic rings. The third-order valence-corrected chi connectivity index (χ3v) is 5.79. The fourth-order valence-electron chi connectivity index (χ4n) is 4.40. The van der Waals surface area contributed by atoms with Gasteiger partial charge in [0, 0.05) is 13.1 Å². The summed E-state index contributed by atoms with van der Waals surface area (Å²) in [6.45, 7) is 7.62. The molecule has 0 bridgehead atoms. The SMILES string of the molecule is CC1=CC[C@@H]2CN(C(=O)c3c(C)nn(-c4ccc(F)cc4)c3C)C[C@@H]2C1. The van der Waals surface area contributed by atoms with Crippen LogP contribution in [0, 0.1) is 31.5 Å². The lowest BCUT2D eigenvalue weighted by atomic mass is 9.83. The monoisotopic (exact) mass is 353 g/mol. The molecule has 1 aromatic heterocycles. The van der Waals surface area contributed by atoms with Crippen molar-refractivity contribution in [3.63, 3.8) is 0 Å². The number of nitrogens with zero attached hydrogens (tertiary/aromatic N) is 3. The average Bonchev–Trinajstić information content (AvgIpc) is 3.15. The molecule has 4 nitrogen and oxygen atoms in total. The van der Waals surface area contributed by atoms with Crippen molar-refractivity contribution in [3.8, 4) is 5.69 Å². The minimum Gasteiger partial charge on any atom is -0.338 e. The maximum absolute atomic E-state index is 13.2. The summed E-state index contributed by atoms with van der Waals surface area (Å²) in [6.07, 6.45) is 4.49. The summed E-state index contributed by atoms with van der Waals surface area (Å²) >= 11 is 0. The number of amides is 1. The number of benzene rings is 1. The number of aryl methyl sites for hydroxylation is 1. The Bertz CT molecular complexity index is 881. The van der Waals surface area contributed by atoms with Crippen LogP contribution in [0.4, 0.5) is 4.39 Å². The van der Waals surface area contributed by atoms with Gasteiger partial charge in [0.1, 0.15) is 5.82 Å². The van der Waals surface area contributed by atoms with Gasteiger partial charge in [-0.1, -0.05) is 11.6 Å². The van der Waals surface area contributed by atoms with E-state index in [9.17, 15) is 9.18 Å². The Hall–Kier alpha value is -2.43. The number of fused-ring (bicyclic) bond motifs is 1. The van der Waals surface area contributed by atoms with Crippen LogP contribution in [0.5, 0.6) is 0 Å². The molecule has 1 amide bonds. The number of hydrogen-bond donors (Lipinski definition) is 0. The van der Waals surface area contributed by atoms with Crippen molar-refractivity contribution >= 4 is 5.91 Å². The zero-order chi connectivity index (χ0) is 18.4. The van der Waals surface area contributed by atoms with E-state index < -0.39 is 0 Å². The molecular weight excluding hydrogens is 329 g/mol. The van der Waals surface area contributed by atoms with Crippen LogP contribution >= 0.6 is 0 Å². The van der Waals surface area contributed by atoms with E-state index in [0.29, 0.717) is 17.4 Å². The van der Waals surface area contributed by atoms with Gasteiger partial charge in [0.05, 0.1) is 22.6 Å². The highest BCUT2D eigenvalue weighted by molar-refractivity contribution is 5.96. The van der Waals surface area contributed by atoms with Crippen LogP contribution in [-0.4, -0.2) is 33.7 Å². The lowest BCUT2D eigenvalue weighted by molar-refractivity contribution is 0.0782. The normalized spacial score (nSPS) is 22.3. The van der Waals surface area contributed by atoms with Gasteiger partial charge in [0.25, 0.3) is 5.91 Å². The molecule has 1 aromatic carbocycles. The first-order chi connectivity index (χ1) is 12.4. The van der Waals surface area contributed by atoms with Gasteiger partial charge in [-0.3, -0.25) is 4.79 Å². The fourth-order valence-corrected chi connectivity index (χ4v) is 4.40. The van der Waals surface area contributed by atoms with Crippen molar-refractivity contribution in [1.29, 1.82) is 0 Å². The number of halogens is 1. The molecule has 0 spiro atoms. The van der Waals surface area contributed by atoms with Gasteiger partial charge in [-0.2, -0.15) is 5.10 Å². The third kappa shape index (κ3) is 2.85. The van der Waals surface area contributed by atoms with Crippen molar-refractivity contribution in [2.75, 3.05) is 13.1 Å². The standard InChI is InChI=1S/C21H24FN3O/c1-13-4-5-16-11-24(12-17(16)10-13)21(26)20-14(2)23-25(15(20)3)19-8-6-18(22)7-9-19/h4,6-9,16-17H,5,10-12H2,1-3H3/t16-,17+/m1/s1. The average molecular weight is 353 g/mol. The van der Waals surface area contributed by atoms with Gasteiger partial charge in [-0.05, 0) is 69.7 Å².